The number of unbranched alkanes of at least 4 members (excludes halogenated alkanes) is 2. The maximum Gasteiger partial charge on any atom is 0.131 e. The maximum atomic E-state index is 14.4. The largest absolute Gasteiger partial charge is 0.256 e. The van der Waals surface area contributed by atoms with Crippen LogP contribution in [0.5, 0.6) is 0 Å². The highest BCUT2D eigenvalue weighted by molar-refractivity contribution is 5.82. The predicted octanol–water partition coefficient (Wildman–Crippen LogP) is 8.09. The van der Waals surface area contributed by atoms with Gasteiger partial charge in [0.15, 0.2) is 0 Å². The summed E-state index contributed by atoms with van der Waals surface area (Å²) in [6, 6.07) is 21.8. The van der Waals surface area contributed by atoms with Crippen LogP contribution in [-0.2, 0) is 12.8 Å². The van der Waals surface area contributed by atoms with E-state index in [9.17, 15) is 4.39 Å². The Morgan fingerprint density at radius 2 is 1.60 bits per heavy atom. The van der Waals surface area contributed by atoms with Crippen LogP contribution in [0.3, 0.4) is 0 Å². The third kappa shape index (κ3) is 6.25. The van der Waals surface area contributed by atoms with Crippen LogP contribution in [0.2, 0.25) is 0 Å². The zero-order valence-electron chi connectivity index (χ0n) is 17.8. The third-order valence-corrected chi connectivity index (χ3v) is 5.22. The molecule has 0 amide bonds. The van der Waals surface area contributed by atoms with Crippen LogP contribution >= 0.6 is 0 Å². The molecule has 0 radical (unpaired) electrons. The van der Waals surface area contributed by atoms with E-state index < -0.39 is 0 Å². The number of allylic oxidation sites excluding steroid dienone is 1. The van der Waals surface area contributed by atoms with Gasteiger partial charge in [-0.3, -0.25) is 4.99 Å². The van der Waals surface area contributed by atoms with Gasteiger partial charge in [-0.2, -0.15) is 0 Å². The van der Waals surface area contributed by atoms with E-state index in [2.05, 4.69) is 42.8 Å². The first kappa shape index (κ1) is 21.7. The van der Waals surface area contributed by atoms with Crippen molar-refractivity contribution in [2.45, 2.75) is 45.4 Å². The molecule has 0 aliphatic heterocycles. The van der Waals surface area contributed by atoms with Gasteiger partial charge in [0.1, 0.15) is 5.82 Å². The number of hydrogen-bond donors (Lipinski definition) is 0. The van der Waals surface area contributed by atoms with E-state index in [1.54, 1.807) is 6.07 Å². The Morgan fingerprint density at radius 1 is 0.867 bits per heavy atom. The predicted molar refractivity (Wildman–Crippen MR) is 127 cm³/mol. The summed E-state index contributed by atoms with van der Waals surface area (Å²) in [4.78, 5) is 4.56. The molecule has 0 fully saturated rings. The summed E-state index contributed by atoms with van der Waals surface area (Å²) in [6.45, 7) is 5.87. The second kappa shape index (κ2) is 11.3. The van der Waals surface area contributed by atoms with Gasteiger partial charge in [-0.05, 0) is 72.6 Å². The van der Waals surface area contributed by atoms with Gasteiger partial charge in [-0.25, -0.2) is 4.39 Å². The van der Waals surface area contributed by atoms with E-state index in [4.69, 9.17) is 0 Å². The van der Waals surface area contributed by atoms with E-state index in [-0.39, 0.29) is 5.82 Å². The zero-order chi connectivity index (χ0) is 21.2. The van der Waals surface area contributed by atoms with Gasteiger partial charge in [0.25, 0.3) is 0 Å². The van der Waals surface area contributed by atoms with Gasteiger partial charge in [-0.15, -0.1) is 6.58 Å². The molecule has 0 aromatic heterocycles. The second-order valence-electron chi connectivity index (χ2n) is 7.65. The van der Waals surface area contributed by atoms with E-state index in [1.807, 2.05) is 48.7 Å². The minimum atomic E-state index is -0.165. The van der Waals surface area contributed by atoms with Gasteiger partial charge in [0.05, 0.1) is 5.69 Å². The van der Waals surface area contributed by atoms with Gasteiger partial charge < -0.3 is 0 Å². The van der Waals surface area contributed by atoms with Crippen molar-refractivity contribution >= 4 is 11.9 Å². The molecule has 0 saturated heterocycles. The van der Waals surface area contributed by atoms with Crippen molar-refractivity contribution in [3.63, 3.8) is 0 Å². The Hall–Kier alpha value is -3.00. The number of benzene rings is 3. The number of aryl methyl sites for hydroxylation is 2. The van der Waals surface area contributed by atoms with Crippen molar-refractivity contribution in [3.8, 4) is 11.1 Å². The van der Waals surface area contributed by atoms with E-state index >= 15 is 0 Å². The molecule has 3 rings (SSSR count). The maximum absolute atomic E-state index is 14.4. The molecule has 154 valence electrons. The van der Waals surface area contributed by atoms with Crippen molar-refractivity contribution in [2.24, 2.45) is 4.99 Å². The van der Waals surface area contributed by atoms with Crippen molar-refractivity contribution in [1.29, 1.82) is 0 Å². The Labute approximate surface area is 180 Å². The fourth-order valence-corrected chi connectivity index (χ4v) is 3.50. The molecule has 0 bridgehead atoms. The van der Waals surface area contributed by atoms with Crippen LogP contribution in [0.15, 0.2) is 84.4 Å². The topological polar surface area (TPSA) is 12.4 Å². The first-order valence-corrected chi connectivity index (χ1v) is 10.8. The first-order chi connectivity index (χ1) is 14.7. The zero-order valence-corrected chi connectivity index (χ0v) is 17.8. The molecule has 0 aliphatic rings. The van der Waals surface area contributed by atoms with Crippen LogP contribution < -0.4 is 0 Å². The monoisotopic (exact) mass is 399 g/mol. The molecule has 3 aromatic rings. The Balaban J connectivity index is 1.61. The number of nitrogens with zero attached hydrogens (tertiary/aromatic N) is 1. The normalized spacial score (nSPS) is 11.1. The smallest absolute Gasteiger partial charge is 0.131 e. The molecule has 0 atom stereocenters. The highest BCUT2D eigenvalue weighted by Crippen LogP contribution is 2.26. The first-order valence-electron chi connectivity index (χ1n) is 10.8. The molecular weight excluding hydrogens is 369 g/mol. The highest BCUT2D eigenvalue weighted by atomic mass is 19.1. The van der Waals surface area contributed by atoms with Crippen LogP contribution in [0.1, 0.15) is 49.3 Å². The van der Waals surface area contributed by atoms with Gasteiger partial charge >= 0.3 is 0 Å². The molecule has 0 aliphatic carbocycles. The SMILES string of the molecule is C=CCCCCc1ccc(C=Nc2ccc(-c3ccc(CCC)cc3F)cc2)cc1. The van der Waals surface area contributed by atoms with Gasteiger partial charge in [0, 0.05) is 11.8 Å². The minimum absolute atomic E-state index is 0.165. The van der Waals surface area contributed by atoms with E-state index in [0.29, 0.717) is 5.56 Å². The summed E-state index contributed by atoms with van der Waals surface area (Å²) < 4.78 is 14.4. The lowest BCUT2D eigenvalue weighted by molar-refractivity contribution is 0.628. The molecule has 0 heterocycles. The summed E-state index contributed by atoms with van der Waals surface area (Å²) in [5.74, 6) is -0.165. The molecule has 0 spiro atoms. The summed E-state index contributed by atoms with van der Waals surface area (Å²) >= 11 is 0. The summed E-state index contributed by atoms with van der Waals surface area (Å²) in [5, 5.41) is 0. The van der Waals surface area contributed by atoms with Crippen LogP contribution in [-0.4, -0.2) is 6.21 Å². The lowest BCUT2D eigenvalue weighted by Gasteiger charge is -2.06. The number of halogens is 1. The standard InChI is InChI=1S/C28H30FN/c1-3-5-6-7-9-22-10-12-24(13-11-22)21-30-26-17-15-25(16-18-26)27-19-14-23(8-4-2)20-28(27)29/h3,10-21H,1,4-9H2,2H3. The Bertz CT molecular complexity index is 969. The molecule has 0 unspecified atom stereocenters. The van der Waals surface area contributed by atoms with Gasteiger partial charge in [-0.1, -0.05) is 68.0 Å². The molecule has 30 heavy (non-hydrogen) atoms. The summed E-state index contributed by atoms with van der Waals surface area (Å²) in [7, 11) is 0. The molecule has 3 aromatic carbocycles. The Kier molecular flexibility index (Phi) is 8.14. The molecule has 0 N–H and O–H groups in total. The van der Waals surface area contributed by atoms with Crippen molar-refractivity contribution in [1.82, 2.24) is 0 Å². The summed E-state index contributed by atoms with van der Waals surface area (Å²) in [6.07, 6.45) is 10.3. The summed E-state index contributed by atoms with van der Waals surface area (Å²) in [5.41, 5.74) is 5.83. The van der Waals surface area contributed by atoms with E-state index in [1.165, 1.54) is 18.4 Å². The molecule has 2 heteroatoms. The number of aliphatic imine (C=N–C) groups is 1. The third-order valence-electron chi connectivity index (χ3n) is 5.22. The number of hydrogen-bond acceptors (Lipinski definition) is 1. The van der Waals surface area contributed by atoms with Crippen molar-refractivity contribution in [3.05, 3.63) is 102 Å². The molecular formula is C28H30FN. The van der Waals surface area contributed by atoms with Gasteiger partial charge in [0.2, 0.25) is 0 Å². The minimum Gasteiger partial charge on any atom is -0.256 e. The quantitative estimate of drug-likeness (QED) is 0.185. The fourth-order valence-electron chi connectivity index (χ4n) is 3.50. The van der Waals surface area contributed by atoms with Crippen molar-refractivity contribution < 1.29 is 4.39 Å². The van der Waals surface area contributed by atoms with E-state index in [0.717, 1.165) is 48.1 Å². The van der Waals surface area contributed by atoms with Crippen LogP contribution in [0.25, 0.3) is 11.1 Å². The lowest BCUT2D eigenvalue weighted by atomic mass is 10.0. The second-order valence-corrected chi connectivity index (χ2v) is 7.65. The molecule has 1 nitrogen and oxygen atoms in total. The van der Waals surface area contributed by atoms with Crippen molar-refractivity contribution in [2.75, 3.05) is 0 Å². The van der Waals surface area contributed by atoms with Crippen LogP contribution in [0, 0.1) is 5.82 Å². The number of rotatable bonds is 10. The highest BCUT2D eigenvalue weighted by Gasteiger charge is 2.06. The lowest BCUT2D eigenvalue weighted by Crippen LogP contribution is -1.89. The average molecular weight is 400 g/mol. The fraction of sp³-hybridized carbons (Fsp3) is 0.250. The molecule has 0 saturated carbocycles. The average Bonchev–Trinajstić information content (AvgIpc) is 2.77. The Morgan fingerprint density at radius 3 is 2.27 bits per heavy atom. The van der Waals surface area contributed by atoms with Crippen LogP contribution in [0.4, 0.5) is 10.1 Å².